The number of carbonyl (C=O) groups is 2. The molecule has 0 amide bonds. The number of anilines is 1. The Hall–Kier alpha value is -2.64. The lowest BCUT2D eigenvalue weighted by molar-refractivity contribution is -0.225. The van der Waals surface area contributed by atoms with Crippen LogP contribution in [-0.4, -0.2) is 25.0 Å². The summed E-state index contributed by atoms with van der Waals surface area (Å²) < 4.78 is 24.6. The van der Waals surface area contributed by atoms with Gasteiger partial charge >= 0.3 is 11.9 Å². The Morgan fingerprint density at radius 3 is 2.40 bits per heavy atom. The summed E-state index contributed by atoms with van der Waals surface area (Å²) in [5.74, 6) is -2.81. The quantitative estimate of drug-likeness (QED) is 0.718. The van der Waals surface area contributed by atoms with Crippen molar-refractivity contribution in [1.29, 1.82) is 0 Å². The monoisotopic (exact) mass is 432 g/mol. The maximum absolute atomic E-state index is 13.3. The van der Waals surface area contributed by atoms with Gasteiger partial charge in [0.15, 0.2) is 0 Å². The second kappa shape index (κ2) is 8.24. The Morgan fingerprint density at radius 1 is 1.07 bits per heavy atom. The third kappa shape index (κ3) is 4.00. The number of hydrogen-bond donors (Lipinski definition) is 2. The van der Waals surface area contributed by atoms with Gasteiger partial charge in [0.1, 0.15) is 5.82 Å². The van der Waals surface area contributed by atoms with E-state index in [1.54, 1.807) is 24.3 Å². The summed E-state index contributed by atoms with van der Waals surface area (Å²) in [5.41, 5.74) is 2.96. The number of hydrogen-bond acceptors (Lipinski definition) is 6. The van der Waals surface area contributed by atoms with Crippen LogP contribution in [0.25, 0.3) is 0 Å². The summed E-state index contributed by atoms with van der Waals surface area (Å²) in [6.45, 7) is 2.69. The zero-order valence-electron chi connectivity index (χ0n) is 16.5. The predicted octanol–water partition coefficient (Wildman–Crippen LogP) is 3.83. The van der Waals surface area contributed by atoms with Crippen LogP contribution in [0.4, 0.5) is 10.1 Å². The van der Waals surface area contributed by atoms with Crippen LogP contribution in [-0.2, 0) is 31.3 Å². The van der Waals surface area contributed by atoms with E-state index < -0.39 is 17.7 Å². The van der Waals surface area contributed by atoms with Gasteiger partial charge in [-0.1, -0.05) is 23.7 Å². The molecule has 0 unspecified atom stereocenters. The maximum Gasteiger partial charge on any atom is 0.309 e. The average molecular weight is 433 g/mol. The van der Waals surface area contributed by atoms with Crippen molar-refractivity contribution in [2.45, 2.75) is 38.0 Å². The second-order valence-corrected chi connectivity index (χ2v) is 7.90. The summed E-state index contributed by atoms with van der Waals surface area (Å²) in [6.07, 6.45) is 0.553. The highest BCUT2D eigenvalue weighted by atomic mass is 35.5. The zero-order chi connectivity index (χ0) is 21.3. The molecule has 2 aliphatic rings. The predicted molar refractivity (Wildman–Crippen MR) is 110 cm³/mol. The Balaban J connectivity index is 1.76. The standard InChI is InChI=1S/C22H22ClFN2O4/c1-13(14-2-4-15(24)5-3-14)26-21-16-10-11-25-12-22(17(16)6-7-18(21)23)29-19(27)8-9-20(28)30-22/h2-7,13,25-26H,8-12H2,1H3/t13-/m0/s1. The fraction of sp³-hybridized carbons (Fsp3) is 0.364. The lowest BCUT2D eigenvalue weighted by Gasteiger charge is -2.32. The average Bonchev–Trinajstić information content (AvgIpc) is 2.97. The van der Waals surface area contributed by atoms with E-state index in [1.807, 2.05) is 6.92 Å². The summed E-state index contributed by atoms with van der Waals surface area (Å²) in [4.78, 5) is 24.4. The molecule has 2 N–H and O–H groups in total. The Morgan fingerprint density at radius 2 is 1.73 bits per heavy atom. The SMILES string of the molecule is C[C@H](Nc1c(Cl)ccc2c1CCNCC21OC(=O)CCC(=O)O1)c1ccc(F)cc1. The van der Waals surface area contributed by atoms with Crippen molar-refractivity contribution < 1.29 is 23.5 Å². The first-order chi connectivity index (χ1) is 14.4. The molecule has 2 aliphatic heterocycles. The van der Waals surface area contributed by atoms with E-state index in [0.29, 0.717) is 29.2 Å². The lowest BCUT2D eigenvalue weighted by atomic mass is 9.95. The highest BCUT2D eigenvalue weighted by Crippen LogP contribution is 2.41. The number of benzene rings is 2. The van der Waals surface area contributed by atoms with Gasteiger partial charge in [-0.3, -0.25) is 9.59 Å². The smallest absolute Gasteiger partial charge is 0.309 e. The fourth-order valence-corrected chi connectivity index (χ4v) is 4.11. The lowest BCUT2D eigenvalue weighted by Crippen LogP contribution is -2.43. The molecule has 1 atom stereocenters. The number of rotatable bonds is 3. The number of fused-ring (bicyclic) bond motifs is 2. The van der Waals surface area contributed by atoms with Gasteiger partial charge in [0, 0.05) is 11.6 Å². The molecular weight excluding hydrogens is 411 g/mol. The van der Waals surface area contributed by atoms with Crippen molar-refractivity contribution >= 4 is 29.2 Å². The minimum absolute atomic E-state index is 0.0176. The first-order valence-corrected chi connectivity index (χ1v) is 10.2. The summed E-state index contributed by atoms with van der Waals surface area (Å²) in [6, 6.07) is 9.50. The van der Waals surface area contributed by atoms with E-state index >= 15 is 0 Å². The molecule has 8 heteroatoms. The van der Waals surface area contributed by atoms with E-state index in [0.717, 1.165) is 11.1 Å². The normalized spacial score (nSPS) is 19.2. The molecule has 2 aromatic carbocycles. The molecule has 6 nitrogen and oxygen atoms in total. The largest absolute Gasteiger partial charge is 0.416 e. The Kier molecular flexibility index (Phi) is 5.66. The maximum atomic E-state index is 13.3. The van der Waals surface area contributed by atoms with Crippen molar-refractivity contribution in [3.05, 3.63) is 63.9 Å². The molecule has 158 valence electrons. The summed E-state index contributed by atoms with van der Waals surface area (Å²) >= 11 is 6.53. The summed E-state index contributed by atoms with van der Waals surface area (Å²) in [7, 11) is 0. The van der Waals surface area contributed by atoms with E-state index in [1.165, 1.54) is 12.1 Å². The Bertz CT molecular complexity index is 962. The van der Waals surface area contributed by atoms with Crippen molar-refractivity contribution in [2.75, 3.05) is 18.4 Å². The molecule has 1 fully saturated rings. The van der Waals surface area contributed by atoms with Crippen molar-refractivity contribution in [3.63, 3.8) is 0 Å². The first-order valence-electron chi connectivity index (χ1n) is 9.86. The number of ether oxygens (including phenoxy) is 2. The van der Waals surface area contributed by atoms with Gasteiger partial charge < -0.3 is 20.1 Å². The van der Waals surface area contributed by atoms with Crippen molar-refractivity contribution in [2.24, 2.45) is 0 Å². The van der Waals surface area contributed by atoms with Crippen LogP contribution in [0.15, 0.2) is 36.4 Å². The molecule has 1 spiro atoms. The van der Waals surface area contributed by atoms with Crippen LogP contribution >= 0.6 is 11.6 Å². The molecule has 0 saturated carbocycles. The highest BCUT2D eigenvalue weighted by Gasteiger charge is 2.46. The van der Waals surface area contributed by atoms with Crippen LogP contribution in [0.3, 0.4) is 0 Å². The number of halogens is 2. The second-order valence-electron chi connectivity index (χ2n) is 7.49. The molecule has 4 rings (SSSR count). The van der Waals surface area contributed by atoms with E-state index in [4.69, 9.17) is 21.1 Å². The number of carbonyl (C=O) groups excluding carboxylic acids is 2. The minimum Gasteiger partial charge on any atom is -0.416 e. The van der Waals surface area contributed by atoms with E-state index in [2.05, 4.69) is 10.6 Å². The fourth-order valence-electron chi connectivity index (χ4n) is 3.88. The molecule has 2 aromatic rings. The van der Waals surface area contributed by atoms with Crippen molar-refractivity contribution in [3.8, 4) is 0 Å². The van der Waals surface area contributed by atoms with Gasteiger partial charge in [-0.05, 0) is 55.3 Å². The van der Waals surface area contributed by atoms with Crippen LogP contribution in [0, 0.1) is 5.82 Å². The van der Waals surface area contributed by atoms with Crippen LogP contribution < -0.4 is 10.6 Å². The zero-order valence-corrected chi connectivity index (χ0v) is 17.2. The molecule has 0 radical (unpaired) electrons. The van der Waals surface area contributed by atoms with Gasteiger partial charge in [0.2, 0.25) is 0 Å². The van der Waals surface area contributed by atoms with Gasteiger partial charge in [-0.15, -0.1) is 0 Å². The molecular formula is C22H22ClFN2O4. The Labute approximate surface area is 178 Å². The topological polar surface area (TPSA) is 76.7 Å². The molecule has 2 heterocycles. The van der Waals surface area contributed by atoms with Crippen LogP contribution in [0.5, 0.6) is 0 Å². The van der Waals surface area contributed by atoms with Gasteiger partial charge in [-0.25, -0.2) is 4.39 Å². The first kappa shape index (κ1) is 20.6. The number of esters is 2. The summed E-state index contributed by atoms with van der Waals surface area (Å²) in [5, 5.41) is 7.08. The van der Waals surface area contributed by atoms with Gasteiger partial charge in [0.05, 0.1) is 30.1 Å². The highest BCUT2D eigenvalue weighted by molar-refractivity contribution is 6.33. The molecule has 1 saturated heterocycles. The van der Waals surface area contributed by atoms with Crippen LogP contribution in [0.1, 0.15) is 42.5 Å². The minimum atomic E-state index is -1.53. The van der Waals surface area contributed by atoms with Crippen molar-refractivity contribution in [1.82, 2.24) is 5.32 Å². The number of nitrogens with one attached hydrogen (secondary N) is 2. The molecule has 0 bridgehead atoms. The molecule has 0 aliphatic carbocycles. The molecule has 0 aromatic heterocycles. The van der Waals surface area contributed by atoms with E-state index in [-0.39, 0.29) is 31.2 Å². The van der Waals surface area contributed by atoms with Gasteiger partial charge in [0.25, 0.3) is 5.79 Å². The molecule has 30 heavy (non-hydrogen) atoms. The third-order valence-electron chi connectivity index (χ3n) is 5.40. The van der Waals surface area contributed by atoms with Crippen LogP contribution in [0.2, 0.25) is 5.02 Å². The van der Waals surface area contributed by atoms with E-state index in [9.17, 15) is 14.0 Å². The third-order valence-corrected chi connectivity index (χ3v) is 5.72. The van der Waals surface area contributed by atoms with Gasteiger partial charge in [-0.2, -0.15) is 0 Å².